The van der Waals surface area contributed by atoms with Gasteiger partial charge in [0.05, 0.1) is 17.7 Å². The number of ether oxygens (including phenoxy) is 1. The molecule has 4 heteroatoms. The van der Waals surface area contributed by atoms with Gasteiger partial charge < -0.3 is 4.74 Å². The van der Waals surface area contributed by atoms with Crippen molar-refractivity contribution in [3.05, 3.63) is 0 Å². The molecule has 1 heterocycles. The van der Waals surface area contributed by atoms with E-state index in [1.807, 2.05) is 0 Å². The zero-order valence-corrected chi connectivity index (χ0v) is 10.1. The van der Waals surface area contributed by atoms with Gasteiger partial charge in [-0.1, -0.05) is 0 Å². The third-order valence-corrected chi connectivity index (χ3v) is 5.78. The second-order valence-electron chi connectivity index (χ2n) is 6.62. The van der Waals surface area contributed by atoms with Crippen LogP contribution in [-0.2, 0) is 4.74 Å². The molecule has 5 fully saturated rings. The van der Waals surface area contributed by atoms with Crippen LogP contribution in [0.5, 0.6) is 0 Å². The third-order valence-electron chi connectivity index (χ3n) is 5.78. The molecule has 0 N–H and O–H groups in total. The summed E-state index contributed by atoms with van der Waals surface area (Å²) in [5.74, 6) is 0.439. The van der Waals surface area contributed by atoms with Gasteiger partial charge in [0.25, 0.3) is 0 Å². The van der Waals surface area contributed by atoms with Gasteiger partial charge in [0, 0.05) is 0 Å². The number of nitrogens with zero attached hydrogens (tertiary/aromatic N) is 2. The van der Waals surface area contributed by atoms with E-state index in [9.17, 15) is 9.65 Å². The quantitative estimate of drug-likeness (QED) is 0.659. The third kappa shape index (κ3) is 1.02. The van der Waals surface area contributed by atoms with Crippen molar-refractivity contribution in [2.45, 2.75) is 49.5 Å². The Labute approximate surface area is 106 Å². The molecule has 1 saturated heterocycles. The highest BCUT2D eigenvalue weighted by molar-refractivity contribution is 5.26. The highest BCUT2D eigenvalue weighted by Gasteiger charge is 2.72. The van der Waals surface area contributed by atoms with E-state index < -0.39 is 17.4 Å². The van der Waals surface area contributed by atoms with Crippen molar-refractivity contribution >= 4 is 0 Å². The lowest BCUT2D eigenvalue weighted by Gasteiger charge is -2.68. The summed E-state index contributed by atoms with van der Waals surface area (Å²) >= 11 is 0. The van der Waals surface area contributed by atoms with E-state index in [-0.39, 0.29) is 17.8 Å². The molecule has 3 unspecified atom stereocenters. The van der Waals surface area contributed by atoms with Crippen LogP contribution < -0.4 is 0 Å². The Morgan fingerprint density at radius 3 is 2.22 bits per heavy atom. The van der Waals surface area contributed by atoms with Crippen LogP contribution in [0.3, 0.4) is 0 Å². The summed E-state index contributed by atoms with van der Waals surface area (Å²) in [5.41, 5.74) is -1.50. The first-order chi connectivity index (χ1) is 8.61. The van der Waals surface area contributed by atoms with Gasteiger partial charge in [-0.05, 0) is 49.9 Å². The van der Waals surface area contributed by atoms with Crippen LogP contribution in [0.2, 0.25) is 0 Å². The Hall–Kier alpha value is -1.13. The van der Waals surface area contributed by atoms with Gasteiger partial charge in [-0.25, -0.2) is 4.39 Å². The number of alkyl halides is 1. The van der Waals surface area contributed by atoms with Crippen LogP contribution >= 0.6 is 0 Å². The first-order valence-corrected chi connectivity index (χ1v) is 6.77. The van der Waals surface area contributed by atoms with Crippen LogP contribution in [0, 0.1) is 46.3 Å². The van der Waals surface area contributed by atoms with E-state index in [0.717, 1.165) is 12.8 Å². The van der Waals surface area contributed by atoms with Crippen molar-refractivity contribution in [3.63, 3.8) is 0 Å². The van der Waals surface area contributed by atoms with Gasteiger partial charge in [0.15, 0.2) is 6.10 Å². The van der Waals surface area contributed by atoms with Gasteiger partial charge in [-0.15, -0.1) is 0 Å². The molecule has 3 nitrogen and oxygen atoms in total. The number of rotatable bonds is 0. The normalized spacial score (nSPS) is 60.1. The molecule has 5 aliphatic rings. The second kappa shape index (κ2) is 3.06. The lowest BCUT2D eigenvalue weighted by Crippen LogP contribution is -2.74. The summed E-state index contributed by atoms with van der Waals surface area (Å²) in [7, 11) is 0. The summed E-state index contributed by atoms with van der Waals surface area (Å²) in [6.45, 7) is 0. The summed E-state index contributed by atoms with van der Waals surface area (Å²) in [6.07, 6.45) is 3.15. The molecule has 4 bridgehead atoms. The highest BCUT2D eigenvalue weighted by atomic mass is 19.1. The second-order valence-corrected chi connectivity index (χ2v) is 6.62. The van der Waals surface area contributed by atoms with Gasteiger partial charge in [0.1, 0.15) is 11.6 Å². The largest absolute Gasteiger partial charge is 0.353 e. The number of hydrogen-bond donors (Lipinski definition) is 0. The molecule has 0 aromatic carbocycles. The van der Waals surface area contributed by atoms with Gasteiger partial charge in [-0.3, -0.25) is 0 Å². The lowest BCUT2D eigenvalue weighted by atomic mass is 9.44. The first-order valence-electron chi connectivity index (χ1n) is 6.77. The van der Waals surface area contributed by atoms with Crippen molar-refractivity contribution in [2.24, 2.45) is 23.7 Å². The maximum absolute atomic E-state index is 14.6. The monoisotopic (exact) mass is 246 g/mol. The minimum absolute atomic E-state index is 0.156. The maximum atomic E-state index is 14.6. The molecule has 5 rings (SSSR count). The number of halogens is 1. The SMILES string of the molecule is N#C[C@@H]1OC2([C@@H]3CC4C[C@H]2CC(F)(C4)C3)[C@H]1C#N. The van der Waals surface area contributed by atoms with Crippen molar-refractivity contribution < 1.29 is 9.13 Å². The summed E-state index contributed by atoms with van der Waals surface area (Å²) in [4.78, 5) is 0. The fourth-order valence-corrected chi connectivity index (χ4v) is 5.40. The molecule has 0 aromatic rings. The maximum Gasteiger partial charge on any atom is 0.163 e. The van der Waals surface area contributed by atoms with Gasteiger partial charge in [-0.2, -0.15) is 10.5 Å². The molecule has 0 amide bonds. The fourth-order valence-electron chi connectivity index (χ4n) is 5.40. The molecule has 1 spiro atoms. The van der Waals surface area contributed by atoms with E-state index in [1.54, 1.807) is 0 Å². The molecule has 7 atom stereocenters. The molecule has 0 radical (unpaired) electrons. The van der Waals surface area contributed by atoms with Crippen LogP contribution in [0.15, 0.2) is 0 Å². The number of hydrogen-bond acceptors (Lipinski definition) is 3. The van der Waals surface area contributed by atoms with Crippen molar-refractivity contribution in [1.29, 1.82) is 10.5 Å². The molecular weight excluding hydrogens is 231 g/mol. The Balaban J connectivity index is 1.73. The minimum Gasteiger partial charge on any atom is -0.353 e. The Kier molecular flexibility index (Phi) is 1.83. The summed E-state index contributed by atoms with van der Waals surface area (Å²) in [6, 6.07) is 4.32. The molecule has 4 aliphatic carbocycles. The molecule has 18 heavy (non-hydrogen) atoms. The number of nitriles is 2. The smallest absolute Gasteiger partial charge is 0.163 e. The van der Waals surface area contributed by atoms with E-state index in [4.69, 9.17) is 10.00 Å². The van der Waals surface area contributed by atoms with E-state index in [2.05, 4.69) is 12.1 Å². The average Bonchev–Trinajstić information content (AvgIpc) is 2.25. The van der Waals surface area contributed by atoms with Crippen molar-refractivity contribution in [2.75, 3.05) is 0 Å². The summed E-state index contributed by atoms with van der Waals surface area (Å²) in [5, 5.41) is 18.3. The predicted molar refractivity (Wildman–Crippen MR) is 59.7 cm³/mol. The van der Waals surface area contributed by atoms with Crippen molar-refractivity contribution in [1.82, 2.24) is 0 Å². The van der Waals surface area contributed by atoms with Crippen LogP contribution in [-0.4, -0.2) is 17.4 Å². The fraction of sp³-hybridized carbons (Fsp3) is 0.857. The van der Waals surface area contributed by atoms with Crippen LogP contribution in [0.4, 0.5) is 4.39 Å². The van der Waals surface area contributed by atoms with E-state index >= 15 is 0 Å². The van der Waals surface area contributed by atoms with E-state index in [0.29, 0.717) is 25.2 Å². The Morgan fingerprint density at radius 1 is 1.06 bits per heavy atom. The zero-order valence-electron chi connectivity index (χ0n) is 10.1. The molecule has 1 aliphatic heterocycles. The van der Waals surface area contributed by atoms with Crippen molar-refractivity contribution in [3.8, 4) is 12.1 Å². The Morgan fingerprint density at radius 2 is 1.72 bits per heavy atom. The zero-order chi connectivity index (χ0) is 12.5. The Bertz CT molecular complexity index is 475. The van der Waals surface area contributed by atoms with Crippen LogP contribution in [0.25, 0.3) is 0 Å². The minimum atomic E-state index is -1.01. The predicted octanol–water partition coefficient (Wildman–Crippen LogP) is 2.34. The topological polar surface area (TPSA) is 56.8 Å². The van der Waals surface area contributed by atoms with E-state index in [1.165, 1.54) is 0 Å². The lowest BCUT2D eigenvalue weighted by molar-refractivity contribution is -0.327. The van der Waals surface area contributed by atoms with Gasteiger partial charge >= 0.3 is 0 Å². The molecule has 94 valence electrons. The molecule has 0 aromatic heterocycles. The standard InChI is InChI=1S/C14H15FN2O/c15-13-3-8-1-9(4-13)14(10(2-8)5-13)11(6-16)12(7-17)18-14/h8-12H,1-5H2/t8?,9-,10+,11-,12-,13?,14?/m0/s1. The average molecular weight is 246 g/mol. The van der Waals surface area contributed by atoms with Crippen LogP contribution in [0.1, 0.15) is 32.1 Å². The summed E-state index contributed by atoms with van der Waals surface area (Å²) < 4.78 is 20.4. The van der Waals surface area contributed by atoms with Gasteiger partial charge in [0.2, 0.25) is 0 Å². The molecular formula is C14H15FN2O. The highest BCUT2D eigenvalue weighted by Crippen LogP contribution is 2.67. The first kappa shape index (κ1) is 10.8. The molecule has 4 saturated carbocycles.